The number of halogens is 1. The molecule has 0 aliphatic carbocycles. The van der Waals surface area contributed by atoms with Crippen molar-refractivity contribution in [2.45, 2.75) is 17.9 Å². The van der Waals surface area contributed by atoms with Crippen molar-refractivity contribution >= 4 is 44.9 Å². The van der Waals surface area contributed by atoms with Crippen molar-refractivity contribution in [1.29, 1.82) is 0 Å². The highest BCUT2D eigenvalue weighted by molar-refractivity contribution is 7.89. The Kier molecular flexibility index (Phi) is 7.91. The van der Waals surface area contributed by atoms with Crippen molar-refractivity contribution in [3.63, 3.8) is 0 Å². The van der Waals surface area contributed by atoms with E-state index in [9.17, 15) is 28.1 Å². The number of ether oxygens (including phenoxy) is 2. The molecule has 2 rings (SSSR count). The van der Waals surface area contributed by atoms with E-state index in [1.165, 1.54) is 44.4 Å². The molecule has 0 radical (unpaired) electrons. The molecule has 2 N–H and O–H groups in total. The van der Waals surface area contributed by atoms with Crippen LogP contribution in [0.4, 0.5) is 11.4 Å². The number of carbonyl (C=O) groups excluding carboxylic acids is 2. The molecule has 166 valence electrons. The number of amides is 1. The number of carbonyl (C=O) groups is 2. The zero-order valence-corrected chi connectivity index (χ0v) is 17.9. The van der Waals surface area contributed by atoms with Gasteiger partial charge in [0.25, 0.3) is 11.6 Å². The highest BCUT2D eigenvalue weighted by atomic mass is 35.5. The molecule has 0 heterocycles. The van der Waals surface area contributed by atoms with Crippen LogP contribution in [0.2, 0.25) is 5.02 Å². The molecule has 13 heteroatoms. The van der Waals surface area contributed by atoms with Gasteiger partial charge in [-0.1, -0.05) is 11.6 Å². The monoisotopic (exact) mass is 471 g/mol. The van der Waals surface area contributed by atoms with Crippen LogP contribution in [0.1, 0.15) is 6.92 Å². The van der Waals surface area contributed by atoms with Gasteiger partial charge in [-0.05, 0) is 37.3 Å². The average molecular weight is 472 g/mol. The molecule has 1 atom stereocenters. The standard InChI is InChI=1S/C18H18ClN3O8S/c1-11(21-31(27,28)14-6-4-13(29-2)5-7-14)18(24)30-10-17(23)20-16-9-12(22(25)26)3-8-15(16)19/h3-9,11,21H,10H2,1-2H3,(H,20,23)/t11-/m0/s1. The molecular formula is C18H18ClN3O8S. The fourth-order valence-electron chi connectivity index (χ4n) is 2.27. The highest BCUT2D eigenvalue weighted by Gasteiger charge is 2.24. The van der Waals surface area contributed by atoms with E-state index in [2.05, 4.69) is 10.0 Å². The van der Waals surface area contributed by atoms with Crippen LogP contribution in [-0.4, -0.2) is 45.0 Å². The number of anilines is 1. The van der Waals surface area contributed by atoms with Crippen molar-refractivity contribution in [3.05, 3.63) is 57.6 Å². The third kappa shape index (κ3) is 6.64. The first-order chi connectivity index (χ1) is 14.5. The average Bonchev–Trinajstić information content (AvgIpc) is 2.73. The molecule has 0 aliphatic heterocycles. The molecule has 0 unspecified atom stereocenters. The van der Waals surface area contributed by atoms with Gasteiger partial charge < -0.3 is 14.8 Å². The Morgan fingerprint density at radius 3 is 2.42 bits per heavy atom. The predicted molar refractivity (Wildman–Crippen MR) is 110 cm³/mol. The summed E-state index contributed by atoms with van der Waals surface area (Å²) in [5.74, 6) is -1.36. The molecule has 31 heavy (non-hydrogen) atoms. The van der Waals surface area contributed by atoms with Gasteiger partial charge in [-0.2, -0.15) is 4.72 Å². The molecule has 2 aromatic carbocycles. The van der Waals surface area contributed by atoms with E-state index in [0.717, 1.165) is 12.1 Å². The van der Waals surface area contributed by atoms with Gasteiger partial charge in [0.1, 0.15) is 11.8 Å². The lowest BCUT2D eigenvalue weighted by Gasteiger charge is -2.14. The minimum atomic E-state index is -4.02. The number of nitro benzene ring substituents is 1. The highest BCUT2D eigenvalue weighted by Crippen LogP contribution is 2.26. The SMILES string of the molecule is COc1ccc(S(=O)(=O)N[C@@H](C)C(=O)OCC(=O)Nc2cc([N+](=O)[O-])ccc2Cl)cc1. The molecule has 2 aromatic rings. The van der Waals surface area contributed by atoms with Gasteiger partial charge in [0.2, 0.25) is 10.0 Å². The molecule has 1 amide bonds. The van der Waals surface area contributed by atoms with E-state index < -0.39 is 39.5 Å². The van der Waals surface area contributed by atoms with Crippen molar-refractivity contribution in [2.24, 2.45) is 0 Å². The molecular weight excluding hydrogens is 454 g/mol. The first kappa shape index (κ1) is 24.1. The van der Waals surface area contributed by atoms with Crippen LogP contribution in [0, 0.1) is 10.1 Å². The summed E-state index contributed by atoms with van der Waals surface area (Å²) in [5.41, 5.74) is -0.330. The van der Waals surface area contributed by atoms with Crippen LogP contribution < -0.4 is 14.8 Å². The molecule has 0 fully saturated rings. The Balaban J connectivity index is 1.93. The van der Waals surface area contributed by atoms with Crippen molar-refractivity contribution in [1.82, 2.24) is 4.72 Å². The Bertz CT molecular complexity index is 1090. The van der Waals surface area contributed by atoms with Crippen LogP contribution in [0.15, 0.2) is 47.4 Å². The lowest BCUT2D eigenvalue weighted by Crippen LogP contribution is -2.40. The molecule has 0 bridgehead atoms. The molecule has 0 saturated heterocycles. The zero-order chi connectivity index (χ0) is 23.2. The summed E-state index contributed by atoms with van der Waals surface area (Å²) in [6, 6.07) is 7.65. The lowest BCUT2D eigenvalue weighted by atomic mass is 10.3. The third-order valence-electron chi connectivity index (χ3n) is 3.84. The minimum absolute atomic E-state index is 0.0369. The van der Waals surface area contributed by atoms with Gasteiger partial charge in [0.15, 0.2) is 6.61 Å². The number of methoxy groups -OCH3 is 1. The van der Waals surface area contributed by atoms with Gasteiger partial charge in [-0.3, -0.25) is 19.7 Å². The molecule has 0 aliphatic rings. The van der Waals surface area contributed by atoms with Crippen molar-refractivity contribution in [2.75, 3.05) is 19.0 Å². The summed E-state index contributed by atoms with van der Waals surface area (Å²) in [4.78, 5) is 34.1. The summed E-state index contributed by atoms with van der Waals surface area (Å²) in [6.07, 6.45) is 0. The maximum atomic E-state index is 12.3. The molecule has 0 saturated carbocycles. The Morgan fingerprint density at radius 2 is 1.84 bits per heavy atom. The predicted octanol–water partition coefficient (Wildman–Crippen LogP) is 2.11. The van der Waals surface area contributed by atoms with Crippen molar-refractivity contribution in [3.8, 4) is 5.75 Å². The quantitative estimate of drug-likeness (QED) is 0.320. The molecule has 0 spiro atoms. The maximum Gasteiger partial charge on any atom is 0.324 e. The first-order valence-corrected chi connectivity index (χ1v) is 10.5. The second kappa shape index (κ2) is 10.2. The smallest absolute Gasteiger partial charge is 0.324 e. The number of sulfonamides is 1. The number of non-ortho nitro benzene ring substituents is 1. The van der Waals surface area contributed by atoms with Gasteiger partial charge in [-0.25, -0.2) is 8.42 Å². The Morgan fingerprint density at radius 1 is 1.19 bits per heavy atom. The summed E-state index contributed by atoms with van der Waals surface area (Å²) in [6.45, 7) is 0.491. The summed E-state index contributed by atoms with van der Waals surface area (Å²) < 4.78 is 36.6. The van der Waals surface area contributed by atoms with E-state index in [-0.39, 0.29) is 21.3 Å². The first-order valence-electron chi connectivity index (χ1n) is 8.60. The second-order valence-electron chi connectivity index (χ2n) is 6.10. The minimum Gasteiger partial charge on any atom is -0.497 e. The van der Waals surface area contributed by atoms with Crippen molar-refractivity contribution < 1.29 is 32.4 Å². The van der Waals surface area contributed by atoms with E-state index in [4.69, 9.17) is 21.1 Å². The van der Waals surface area contributed by atoms with E-state index >= 15 is 0 Å². The number of nitrogens with one attached hydrogen (secondary N) is 2. The number of nitrogens with zero attached hydrogens (tertiary/aromatic N) is 1. The molecule has 11 nitrogen and oxygen atoms in total. The second-order valence-corrected chi connectivity index (χ2v) is 8.22. The van der Waals surface area contributed by atoms with E-state index in [1.807, 2.05) is 0 Å². The number of hydrogen-bond donors (Lipinski definition) is 2. The Labute approximate surface area is 182 Å². The Hall–Kier alpha value is -3.22. The fraction of sp³-hybridized carbons (Fsp3) is 0.222. The van der Waals surface area contributed by atoms with E-state index in [0.29, 0.717) is 5.75 Å². The number of hydrogen-bond acceptors (Lipinski definition) is 8. The van der Waals surface area contributed by atoms with Crippen LogP contribution in [0.5, 0.6) is 5.75 Å². The molecule has 0 aromatic heterocycles. The number of esters is 1. The zero-order valence-electron chi connectivity index (χ0n) is 16.3. The topological polar surface area (TPSA) is 154 Å². The van der Waals surface area contributed by atoms with Gasteiger partial charge >= 0.3 is 5.97 Å². The summed E-state index contributed by atoms with van der Waals surface area (Å²) in [5, 5.41) is 13.1. The van der Waals surface area contributed by atoms with Crippen LogP contribution in [-0.2, 0) is 24.3 Å². The number of rotatable bonds is 9. The van der Waals surface area contributed by atoms with Gasteiger partial charge in [-0.15, -0.1) is 0 Å². The normalized spacial score (nSPS) is 12.0. The number of benzene rings is 2. The van der Waals surface area contributed by atoms with Gasteiger partial charge in [0, 0.05) is 12.1 Å². The van der Waals surface area contributed by atoms with Crippen LogP contribution >= 0.6 is 11.6 Å². The van der Waals surface area contributed by atoms with Crippen LogP contribution in [0.25, 0.3) is 0 Å². The number of nitro groups is 1. The third-order valence-corrected chi connectivity index (χ3v) is 5.72. The largest absolute Gasteiger partial charge is 0.497 e. The van der Waals surface area contributed by atoms with Gasteiger partial charge in [0.05, 0.1) is 27.6 Å². The van der Waals surface area contributed by atoms with E-state index in [1.54, 1.807) is 0 Å². The maximum absolute atomic E-state index is 12.3. The summed E-state index contributed by atoms with van der Waals surface area (Å²) in [7, 11) is -2.59. The lowest BCUT2D eigenvalue weighted by molar-refractivity contribution is -0.384. The fourth-order valence-corrected chi connectivity index (χ4v) is 3.63. The summed E-state index contributed by atoms with van der Waals surface area (Å²) >= 11 is 5.88. The van der Waals surface area contributed by atoms with Crippen LogP contribution in [0.3, 0.4) is 0 Å².